The highest BCUT2D eigenvalue weighted by molar-refractivity contribution is 7.47. The predicted octanol–water partition coefficient (Wildman–Crippen LogP) is 25.1. The van der Waals surface area contributed by atoms with Crippen molar-refractivity contribution in [2.24, 2.45) is 11.8 Å². The number of carbonyl (C=O) groups excluding carboxylic acids is 4. The van der Waals surface area contributed by atoms with E-state index in [1.54, 1.807) is 0 Å². The number of esters is 4. The molecule has 606 valence electrons. The zero-order valence-electron chi connectivity index (χ0n) is 66.9. The second kappa shape index (κ2) is 74.5. The Labute approximate surface area is 626 Å². The van der Waals surface area contributed by atoms with E-state index in [9.17, 15) is 43.2 Å². The molecule has 0 spiro atoms. The Kier molecular flexibility index (Phi) is 73.1. The van der Waals surface area contributed by atoms with Crippen LogP contribution >= 0.6 is 15.6 Å². The van der Waals surface area contributed by atoms with Gasteiger partial charge in [-0.3, -0.25) is 37.3 Å². The van der Waals surface area contributed by atoms with Gasteiger partial charge in [-0.05, 0) is 37.5 Å². The minimum atomic E-state index is -4.96. The summed E-state index contributed by atoms with van der Waals surface area (Å²) in [5.41, 5.74) is 0. The molecule has 2 unspecified atom stereocenters. The SMILES string of the molecule is CCCCCCCCCCCCCCCCCCCCCCC(=O)O[C@H](COC(=O)CCCCCCCCCCCCCCCCCCCC)COP(=O)(O)OC[C@@H](O)COP(=O)(O)OC[C@@H](COC(=O)CCCCCCCCCC(C)C)OC(=O)CCCCCCCCCCCCCC(C)C. The molecule has 0 fully saturated rings. The third-order valence-corrected chi connectivity index (χ3v) is 21.4. The van der Waals surface area contributed by atoms with Crippen molar-refractivity contribution in [2.45, 2.75) is 458 Å². The Morgan fingerprint density at radius 2 is 0.451 bits per heavy atom. The van der Waals surface area contributed by atoms with Crippen molar-refractivity contribution in [3.05, 3.63) is 0 Å². The van der Waals surface area contributed by atoms with Gasteiger partial charge in [0.2, 0.25) is 0 Å². The summed E-state index contributed by atoms with van der Waals surface area (Å²) in [6, 6.07) is 0. The zero-order chi connectivity index (χ0) is 74.9. The Morgan fingerprint density at radius 1 is 0.265 bits per heavy atom. The van der Waals surface area contributed by atoms with Gasteiger partial charge in [0.25, 0.3) is 0 Å². The summed E-state index contributed by atoms with van der Waals surface area (Å²) in [4.78, 5) is 73.1. The number of carbonyl (C=O) groups is 4. The van der Waals surface area contributed by atoms with Crippen molar-refractivity contribution >= 4 is 39.5 Å². The number of aliphatic hydroxyl groups excluding tert-OH is 1. The number of phosphoric acid groups is 2. The molecule has 17 nitrogen and oxygen atoms in total. The summed E-state index contributed by atoms with van der Waals surface area (Å²) < 4.78 is 68.8. The van der Waals surface area contributed by atoms with E-state index in [-0.39, 0.29) is 25.7 Å². The maximum Gasteiger partial charge on any atom is 0.472 e. The average molecular weight is 1490 g/mol. The van der Waals surface area contributed by atoms with E-state index in [0.29, 0.717) is 31.6 Å². The fourth-order valence-corrected chi connectivity index (χ4v) is 14.5. The summed E-state index contributed by atoms with van der Waals surface area (Å²) >= 11 is 0. The molecular formula is C83H162O17P2. The van der Waals surface area contributed by atoms with E-state index >= 15 is 0 Å². The van der Waals surface area contributed by atoms with Crippen molar-refractivity contribution in [1.82, 2.24) is 0 Å². The van der Waals surface area contributed by atoms with E-state index in [1.807, 2.05) is 0 Å². The highest BCUT2D eigenvalue weighted by Crippen LogP contribution is 2.45. The highest BCUT2D eigenvalue weighted by Gasteiger charge is 2.30. The normalized spacial score (nSPS) is 13.9. The van der Waals surface area contributed by atoms with Gasteiger partial charge in [-0.15, -0.1) is 0 Å². The lowest BCUT2D eigenvalue weighted by Gasteiger charge is -2.21. The molecule has 3 N–H and O–H groups in total. The number of hydrogen-bond acceptors (Lipinski definition) is 15. The van der Waals surface area contributed by atoms with Crippen molar-refractivity contribution in [2.75, 3.05) is 39.6 Å². The Hall–Kier alpha value is -1.94. The quantitative estimate of drug-likeness (QED) is 0.0222. The van der Waals surface area contributed by atoms with Gasteiger partial charge < -0.3 is 33.8 Å². The molecule has 0 rings (SSSR count). The van der Waals surface area contributed by atoms with Gasteiger partial charge in [0.1, 0.15) is 19.3 Å². The van der Waals surface area contributed by atoms with Crippen LogP contribution in [0.5, 0.6) is 0 Å². The van der Waals surface area contributed by atoms with Crippen LogP contribution in [-0.2, 0) is 65.4 Å². The molecule has 0 saturated carbocycles. The lowest BCUT2D eigenvalue weighted by molar-refractivity contribution is -0.161. The van der Waals surface area contributed by atoms with Gasteiger partial charge in [-0.1, -0.05) is 388 Å². The van der Waals surface area contributed by atoms with E-state index < -0.39 is 97.5 Å². The average Bonchev–Trinajstić information content (AvgIpc) is 0.909. The summed E-state index contributed by atoms with van der Waals surface area (Å²) in [7, 11) is -9.92. The minimum absolute atomic E-state index is 0.106. The van der Waals surface area contributed by atoms with Gasteiger partial charge >= 0.3 is 39.5 Å². The van der Waals surface area contributed by atoms with E-state index in [0.717, 1.165) is 102 Å². The van der Waals surface area contributed by atoms with Crippen molar-refractivity contribution in [1.29, 1.82) is 0 Å². The molecule has 0 radical (unpaired) electrons. The second-order valence-corrected chi connectivity index (χ2v) is 33.7. The van der Waals surface area contributed by atoms with Crippen LogP contribution in [0.4, 0.5) is 0 Å². The maximum atomic E-state index is 13.1. The molecule has 0 aliphatic heterocycles. The molecule has 0 aromatic heterocycles. The summed E-state index contributed by atoms with van der Waals surface area (Å²) in [5, 5.41) is 10.7. The molecule has 19 heteroatoms. The lowest BCUT2D eigenvalue weighted by Crippen LogP contribution is -2.30. The van der Waals surface area contributed by atoms with E-state index in [2.05, 4.69) is 41.5 Å². The first-order chi connectivity index (χ1) is 49.4. The molecule has 5 atom stereocenters. The van der Waals surface area contributed by atoms with Crippen molar-refractivity contribution in [3.8, 4) is 0 Å². The summed E-state index contributed by atoms with van der Waals surface area (Å²) in [6.45, 7) is 9.59. The Balaban J connectivity index is 5.23. The zero-order valence-corrected chi connectivity index (χ0v) is 68.7. The standard InChI is InChI=1S/C83H162O17P2/c1-7-9-11-13-15-17-19-21-23-25-27-28-30-32-34-38-42-48-55-61-67-82(87)99-78(71-93-80(85)65-59-53-47-41-37-33-31-29-26-24-22-20-18-16-14-12-10-8-2)73-97-101(89,90)95-69-77(84)70-96-102(91,92)98-74-79(72-94-81(86)66-60-54-50-44-46-52-58-64-76(5)6)100-83(88)68-62-56-49-43-39-35-36-40-45-51-57-63-75(3)4/h75-79,84H,7-74H2,1-6H3,(H,89,90)(H,91,92)/t77-,78-,79-/m1/s1. The van der Waals surface area contributed by atoms with Gasteiger partial charge in [0.15, 0.2) is 12.2 Å². The molecule has 0 aliphatic rings. The van der Waals surface area contributed by atoms with Crippen molar-refractivity contribution < 1.29 is 80.2 Å². The summed E-state index contributed by atoms with van der Waals surface area (Å²) in [6.07, 6.45) is 65.4. The van der Waals surface area contributed by atoms with Gasteiger partial charge in [-0.2, -0.15) is 0 Å². The van der Waals surface area contributed by atoms with Crippen LogP contribution in [0.2, 0.25) is 0 Å². The number of rotatable bonds is 82. The third kappa shape index (κ3) is 76.3. The minimum Gasteiger partial charge on any atom is -0.462 e. The first kappa shape index (κ1) is 100. The monoisotopic (exact) mass is 1490 g/mol. The van der Waals surface area contributed by atoms with Gasteiger partial charge in [-0.25, -0.2) is 9.13 Å². The van der Waals surface area contributed by atoms with Crippen LogP contribution < -0.4 is 0 Å². The summed E-state index contributed by atoms with van der Waals surface area (Å²) in [5.74, 6) is -0.637. The van der Waals surface area contributed by atoms with Crippen LogP contribution in [0, 0.1) is 11.8 Å². The van der Waals surface area contributed by atoms with Crippen molar-refractivity contribution in [3.63, 3.8) is 0 Å². The number of ether oxygens (including phenoxy) is 4. The van der Waals surface area contributed by atoms with Crippen LogP contribution in [0.1, 0.15) is 440 Å². The Bertz CT molecular complexity index is 1960. The highest BCUT2D eigenvalue weighted by atomic mass is 31.2. The molecule has 102 heavy (non-hydrogen) atoms. The first-order valence-electron chi connectivity index (χ1n) is 43.0. The number of aliphatic hydroxyl groups is 1. The van der Waals surface area contributed by atoms with Gasteiger partial charge in [0, 0.05) is 25.7 Å². The second-order valence-electron chi connectivity index (χ2n) is 30.8. The molecule has 0 bridgehead atoms. The molecule has 0 aromatic carbocycles. The number of phosphoric ester groups is 2. The fourth-order valence-electron chi connectivity index (χ4n) is 12.9. The molecule has 0 saturated heterocycles. The van der Waals surface area contributed by atoms with Crippen LogP contribution in [-0.4, -0.2) is 96.7 Å². The van der Waals surface area contributed by atoms with Gasteiger partial charge in [0.05, 0.1) is 26.4 Å². The number of unbranched alkanes of at least 4 members (excludes halogenated alkanes) is 52. The number of hydrogen-bond donors (Lipinski definition) is 3. The lowest BCUT2D eigenvalue weighted by atomic mass is 10.0. The third-order valence-electron chi connectivity index (χ3n) is 19.5. The van der Waals surface area contributed by atoms with Crippen LogP contribution in [0.15, 0.2) is 0 Å². The Morgan fingerprint density at radius 3 is 0.667 bits per heavy atom. The first-order valence-corrected chi connectivity index (χ1v) is 46.0. The topological polar surface area (TPSA) is 237 Å². The fraction of sp³-hybridized carbons (Fsp3) is 0.952. The van der Waals surface area contributed by atoms with E-state index in [4.69, 9.17) is 37.0 Å². The van der Waals surface area contributed by atoms with E-state index in [1.165, 1.54) is 250 Å². The molecule has 0 heterocycles. The largest absolute Gasteiger partial charge is 0.472 e. The van der Waals surface area contributed by atoms with Crippen LogP contribution in [0.25, 0.3) is 0 Å². The van der Waals surface area contributed by atoms with Crippen LogP contribution in [0.3, 0.4) is 0 Å². The molecule has 0 amide bonds. The predicted molar refractivity (Wildman–Crippen MR) is 418 cm³/mol. The molecule has 0 aliphatic carbocycles. The molecular weight excluding hydrogens is 1330 g/mol. The maximum absolute atomic E-state index is 13.1. The smallest absolute Gasteiger partial charge is 0.462 e. The molecule has 0 aromatic rings.